The van der Waals surface area contributed by atoms with Gasteiger partial charge in [0.2, 0.25) is 5.90 Å². The molecular weight excluding hydrogens is 285 g/mol. The van der Waals surface area contributed by atoms with Gasteiger partial charge in [-0.2, -0.15) is 0 Å². The van der Waals surface area contributed by atoms with E-state index in [0.717, 1.165) is 12.1 Å². The molecule has 0 fully saturated rings. The van der Waals surface area contributed by atoms with E-state index in [9.17, 15) is 14.0 Å². The highest BCUT2D eigenvalue weighted by molar-refractivity contribution is 6.15. The fourth-order valence-electron chi connectivity index (χ4n) is 2.37. The molecule has 0 unspecified atom stereocenters. The summed E-state index contributed by atoms with van der Waals surface area (Å²) in [6.07, 6.45) is 0.430. The van der Waals surface area contributed by atoms with Crippen LogP contribution in [0.5, 0.6) is 0 Å². The van der Waals surface area contributed by atoms with Crippen molar-refractivity contribution in [2.45, 2.75) is 46.1 Å². The molecule has 4 nitrogen and oxygen atoms in total. The third-order valence-electron chi connectivity index (χ3n) is 3.53. The van der Waals surface area contributed by atoms with Crippen LogP contribution in [0.25, 0.3) is 0 Å². The minimum atomic E-state index is -0.602. The van der Waals surface area contributed by atoms with Crippen molar-refractivity contribution in [3.8, 4) is 0 Å². The van der Waals surface area contributed by atoms with Gasteiger partial charge in [0.25, 0.3) is 0 Å². The maximum absolute atomic E-state index is 13.9. The number of hydrogen-bond acceptors (Lipinski definition) is 4. The van der Waals surface area contributed by atoms with E-state index in [4.69, 9.17) is 4.74 Å². The second kappa shape index (κ2) is 5.99. The van der Waals surface area contributed by atoms with Gasteiger partial charge in [-0.1, -0.05) is 13.8 Å². The van der Waals surface area contributed by atoms with Gasteiger partial charge < -0.3 is 4.74 Å². The number of rotatable bonds is 5. The van der Waals surface area contributed by atoms with E-state index in [1.165, 1.54) is 0 Å². The van der Waals surface area contributed by atoms with Crippen molar-refractivity contribution in [2.24, 2.45) is 4.99 Å². The molecule has 0 aromatic heterocycles. The first-order valence-corrected chi connectivity index (χ1v) is 7.42. The first kappa shape index (κ1) is 16.3. The van der Waals surface area contributed by atoms with E-state index in [1.54, 1.807) is 13.8 Å². The van der Waals surface area contributed by atoms with Gasteiger partial charge in [0, 0.05) is 24.0 Å². The monoisotopic (exact) mass is 305 g/mol. The highest BCUT2D eigenvalue weighted by Gasteiger charge is 2.32. The quantitative estimate of drug-likeness (QED) is 0.781. The Hall–Kier alpha value is -2.04. The highest BCUT2D eigenvalue weighted by atomic mass is 19.1. The van der Waals surface area contributed by atoms with Crippen molar-refractivity contribution in [2.75, 3.05) is 6.61 Å². The predicted octanol–water partition coefficient (Wildman–Crippen LogP) is 3.57. The van der Waals surface area contributed by atoms with Crippen LogP contribution in [0, 0.1) is 5.82 Å². The van der Waals surface area contributed by atoms with Crippen LogP contribution in [0.1, 0.15) is 66.8 Å². The van der Waals surface area contributed by atoms with Gasteiger partial charge in [-0.05, 0) is 26.0 Å². The molecule has 0 bridgehead atoms. The molecular formula is C17H20FNO3. The summed E-state index contributed by atoms with van der Waals surface area (Å²) < 4.78 is 19.4. The first-order valence-electron chi connectivity index (χ1n) is 7.42. The van der Waals surface area contributed by atoms with Crippen LogP contribution in [-0.2, 0) is 4.74 Å². The minimum absolute atomic E-state index is 0.163. The highest BCUT2D eigenvalue weighted by Crippen LogP contribution is 2.27. The van der Waals surface area contributed by atoms with Gasteiger partial charge in [0.15, 0.2) is 11.6 Å². The Kier molecular flexibility index (Phi) is 4.44. The number of hydrogen-bond donors (Lipinski definition) is 0. The molecule has 0 amide bonds. The molecule has 0 spiro atoms. The van der Waals surface area contributed by atoms with Crippen molar-refractivity contribution in [3.05, 3.63) is 34.6 Å². The Bertz CT molecular complexity index is 625. The van der Waals surface area contributed by atoms with Gasteiger partial charge >= 0.3 is 0 Å². The zero-order chi connectivity index (χ0) is 16.5. The molecule has 22 heavy (non-hydrogen) atoms. The molecule has 1 aromatic carbocycles. The molecule has 0 N–H and O–H groups in total. The largest absolute Gasteiger partial charge is 0.475 e. The fourth-order valence-corrected chi connectivity index (χ4v) is 2.37. The van der Waals surface area contributed by atoms with Crippen molar-refractivity contribution in [1.29, 1.82) is 0 Å². The Morgan fingerprint density at radius 1 is 1.18 bits per heavy atom. The lowest BCUT2D eigenvalue weighted by molar-refractivity contribution is 0.0987. The molecule has 0 aliphatic carbocycles. The van der Waals surface area contributed by atoms with Crippen LogP contribution < -0.4 is 0 Å². The van der Waals surface area contributed by atoms with E-state index in [-0.39, 0.29) is 41.4 Å². The Morgan fingerprint density at radius 2 is 1.68 bits per heavy atom. The van der Waals surface area contributed by atoms with Crippen molar-refractivity contribution < 1.29 is 18.7 Å². The summed E-state index contributed by atoms with van der Waals surface area (Å²) in [5, 5.41) is 0. The van der Waals surface area contributed by atoms with E-state index >= 15 is 0 Å². The predicted molar refractivity (Wildman–Crippen MR) is 82.2 cm³/mol. The summed E-state index contributed by atoms with van der Waals surface area (Å²) in [5.41, 5.74) is 0.222. The second-order valence-corrected chi connectivity index (χ2v) is 5.95. The third-order valence-corrected chi connectivity index (χ3v) is 3.53. The summed E-state index contributed by atoms with van der Waals surface area (Å²) in [5.74, 6) is -0.833. The molecule has 1 aromatic rings. The Labute approximate surface area is 129 Å². The minimum Gasteiger partial charge on any atom is -0.475 e. The van der Waals surface area contributed by atoms with Crippen molar-refractivity contribution in [3.63, 3.8) is 0 Å². The average Bonchev–Trinajstić information content (AvgIpc) is 2.84. The van der Waals surface area contributed by atoms with Gasteiger partial charge in [-0.15, -0.1) is 0 Å². The summed E-state index contributed by atoms with van der Waals surface area (Å²) in [6, 6.07) is 2.32. The molecule has 1 heterocycles. The number of carbonyl (C=O) groups excluding carboxylic acids is 2. The molecule has 0 saturated carbocycles. The number of ketones is 2. The van der Waals surface area contributed by atoms with E-state index in [1.807, 2.05) is 13.8 Å². The van der Waals surface area contributed by atoms with Crippen LogP contribution in [0.3, 0.4) is 0 Å². The van der Waals surface area contributed by atoms with Gasteiger partial charge in [-0.25, -0.2) is 9.38 Å². The average molecular weight is 305 g/mol. The number of benzene rings is 1. The van der Waals surface area contributed by atoms with Crippen molar-refractivity contribution >= 4 is 17.5 Å². The van der Waals surface area contributed by atoms with Crippen LogP contribution in [0.2, 0.25) is 0 Å². The summed E-state index contributed by atoms with van der Waals surface area (Å²) in [4.78, 5) is 28.8. The standard InChI is InChI=1S/C17H20FNO3/c1-5-13(20)11-7-10(18)8-12(14(21)6-2)15(11)16-19-17(3,4)9-22-16/h7-8H,5-6,9H2,1-4H3. The zero-order valence-electron chi connectivity index (χ0n) is 13.3. The maximum Gasteiger partial charge on any atom is 0.218 e. The van der Waals surface area contributed by atoms with E-state index in [0.29, 0.717) is 12.2 Å². The van der Waals surface area contributed by atoms with Gasteiger partial charge in [0.05, 0.1) is 11.1 Å². The molecule has 1 aliphatic heterocycles. The zero-order valence-corrected chi connectivity index (χ0v) is 13.3. The number of carbonyl (C=O) groups is 2. The lowest BCUT2D eigenvalue weighted by Crippen LogP contribution is -2.17. The maximum atomic E-state index is 13.9. The topological polar surface area (TPSA) is 55.7 Å². The molecule has 1 aliphatic rings. The van der Waals surface area contributed by atoms with Crippen LogP contribution in [-0.4, -0.2) is 29.6 Å². The Morgan fingerprint density at radius 3 is 2.05 bits per heavy atom. The third kappa shape index (κ3) is 3.08. The number of Topliss-reactive ketones (excluding diaryl/α,β-unsaturated/α-hetero) is 2. The number of halogens is 1. The number of nitrogens with zero attached hydrogens (tertiary/aromatic N) is 1. The molecule has 0 saturated heterocycles. The molecule has 5 heteroatoms. The van der Waals surface area contributed by atoms with Crippen LogP contribution >= 0.6 is 0 Å². The van der Waals surface area contributed by atoms with Crippen LogP contribution in [0.15, 0.2) is 17.1 Å². The van der Waals surface area contributed by atoms with E-state index < -0.39 is 11.4 Å². The summed E-state index contributed by atoms with van der Waals surface area (Å²) in [7, 11) is 0. The molecule has 0 atom stereocenters. The van der Waals surface area contributed by atoms with Gasteiger partial charge in [-0.3, -0.25) is 9.59 Å². The summed E-state index contributed by atoms with van der Waals surface area (Å²) >= 11 is 0. The number of ether oxygens (including phenoxy) is 1. The SMILES string of the molecule is CCC(=O)c1cc(F)cc(C(=O)CC)c1C1=NC(C)(C)CO1. The van der Waals surface area contributed by atoms with Crippen LogP contribution in [0.4, 0.5) is 4.39 Å². The fraction of sp³-hybridized carbons (Fsp3) is 0.471. The van der Waals surface area contributed by atoms with Gasteiger partial charge in [0.1, 0.15) is 12.4 Å². The first-order chi connectivity index (χ1) is 10.3. The normalized spacial score (nSPS) is 16.1. The lowest BCUT2D eigenvalue weighted by Gasteiger charge is -2.13. The summed E-state index contributed by atoms with van der Waals surface area (Å²) in [6.45, 7) is 7.54. The lowest BCUT2D eigenvalue weighted by atomic mass is 9.93. The molecule has 0 radical (unpaired) electrons. The number of aliphatic imine (C=N–C) groups is 1. The smallest absolute Gasteiger partial charge is 0.218 e. The molecule has 118 valence electrons. The van der Waals surface area contributed by atoms with Crippen molar-refractivity contribution in [1.82, 2.24) is 0 Å². The Balaban J connectivity index is 2.72. The van der Waals surface area contributed by atoms with E-state index in [2.05, 4.69) is 4.99 Å². The molecule has 2 rings (SSSR count). The second-order valence-electron chi connectivity index (χ2n) is 5.95.